The van der Waals surface area contributed by atoms with Crippen LogP contribution >= 0.6 is 11.3 Å². The van der Waals surface area contributed by atoms with Crippen LogP contribution in [0.15, 0.2) is 48.5 Å². The molecule has 6 nitrogen and oxygen atoms in total. The van der Waals surface area contributed by atoms with E-state index in [1.807, 2.05) is 31.2 Å². The van der Waals surface area contributed by atoms with Crippen LogP contribution in [0.2, 0.25) is 0 Å². The second-order valence-corrected chi connectivity index (χ2v) is 7.63. The highest BCUT2D eigenvalue weighted by Crippen LogP contribution is 2.34. The van der Waals surface area contributed by atoms with Gasteiger partial charge in [-0.3, -0.25) is 14.9 Å². The van der Waals surface area contributed by atoms with E-state index in [1.54, 1.807) is 11.0 Å². The lowest BCUT2D eigenvalue weighted by Crippen LogP contribution is -2.24. The second kappa shape index (κ2) is 7.47. The van der Waals surface area contributed by atoms with Crippen LogP contribution in [0.5, 0.6) is 0 Å². The number of amides is 2. The first-order valence-corrected chi connectivity index (χ1v) is 9.59. The molecule has 0 bridgehead atoms. The number of carbonyl (C=O) groups excluding carboxylic acids is 2. The standard InChI is InChI=1S/C20H17FN4O2S/c1-12-6-8-14(9-7-12)25-11-13(10-17(25)26)19-23-24-20(28-19)22-18(27)15-4-2-3-5-16(15)21/h2-9,13H,10-11H2,1H3,(H,22,24,27). The molecule has 2 aromatic carbocycles. The van der Waals surface area contributed by atoms with Gasteiger partial charge in [0.1, 0.15) is 10.8 Å². The SMILES string of the molecule is Cc1ccc(N2CC(c3nnc(NC(=O)c4ccccc4F)s3)CC2=O)cc1. The molecule has 1 N–H and O–H groups in total. The fourth-order valence-corrected chi connectivity index (χ4v) is 3.94. The Morgan fingerprint density at radius 1 is 1.18 bits per heavy atom. The van der Waals surface area contributed by atoms with Gasteiger partial charge in [-0.05, 0) is 31.2 Å². The Kier molecular flexibility index (Phi) is 4.87. The average Bonchev–Trinajstić information content (AvgIpc) is 3.29. The molecule has 3 aromatic rings. The van der Waals surface area contributed by atoms with Crippen molar-refractivity contribution >= 4 is 34.0 Å². The Morgan fingerprint density at radius 2 is 1.93 bits per heavy atom. The summed E-state index contributed by atoms with van der Waals surface area (Å²) in [6, 6.07) is 13.5. The van der Waals surface area contributed by atoms with Crippen molar-refractivity contribution < 1.29 is 14.0 Å². The number of hydrogen-bond donors (Lipinski definition) is 1. The van der Waals surface area contributed by atoms with Crippen molar-refractivity contribution in [2.24, 2.45) is 0 Å². The minimum Gasteiger partial charge on any atom is -0.312 e. The summed E-state index contributed by atoms with van der Waals surface area (Å²) in [6.07, 6.45) is 0.337. The topological polar surface area (TPSA) is 75.2 Å². The normalized spacial score (nSPS) is 16.4. The zero-order chi connectivity index (χ0) is 19.7. The highest BCUT2D eigenvalue weighted by molar-refractivity contribution is 7.15. The van der Waals surface area contributed by atoms with Gasteiger partial charge >= 0.3 is 0 Å². The van der Waals surface area contributed by atoms with E-state index in [-0.39, 0.29) is 22.5 Å². The number of aromatic nitrogens is 2. The predicted octanol–water partition coefficient (Wildman–Crippen LogP) is 3.76. The number of nitrogens with one attached hydrogen (secondary N) is 1. The zero-order valence-corrected chi connectivity index (χ0v) is 15.9. The first-order valence-electron chi connectivity index (χ1n) is 8.77. The highest BCUT2D eigenvalue weighted by Gasteiger charge is 2.34. The molecular formula is C20H17FN4O2S. The van der Waals surface area contributed by atoms with Gasteiger partial charge in [-0.25, -0.2) is 4.39 Å². The molecular weight excluding hydrogens is 379 g/mol. The van der Waals surface area contributed by atoms with Crippen molar-refractivity contribution in [3.05, 3.63) is 70.5 Å². The number of rotatable bonds is 4. The van der Waals surface area contributed by atoms with Crippen molar-refractivity contribution in [1.29, 1.82) is 0 Å². The third-order valence-corrected chi connectivity index (χ3v) is 5.60. The van der Waals surface area contributed by atoms with Crippen LogP contribution in [0.25, 0.3) is 0 Å². The Bertz CT molecular complexity index is 1030. The number of anilines is 2. The van der Waals surface area contributed by atoms with Gasteiger partial charge in [0.25, 0.3) is 5.91 Å². The Labute approximate surface area is 165 Å². The van der Waals surface area contributed by atoms with Crippen molar-refractivity contribution in [1.82, 2.24) is 10.2 Å². The highest BCUT2D eigenvalue weighted by atomic mass is 32.1. The van der Waals surface area contributed by atoms with Crippen LogP contribution in [0, 0.1) is 12.7 Å². The number of benzene rings is 2. The van der Waals surface area contributed by atoms with Gasteiger partial charge < -0.3 is 4.90 Å². The summed E-state index contributed by atoms with van der Waals surface area (Å²) in [5, 5.41) is 11.6. The summed E-state index contributed by atoms with van der Waals surface area (Å²) in [4.78, 5) is 26.4. The Morgan fingerprint density at radius 3 is 2.68 bits per heavy atom. The largest absolute Gasteiger partial charge is 0.312 e. The molecule has 28 heavy (non-hydrogen) atoms. The van der Waals surface area contributed by atoms with Crippen molar-refractivity contribution in [2.75, 3.05) is 16.8 Å². The summed E-state index contributed by atoms with van der Waals surface area (Å²) in [6.45, 7) is 2.51. The minimum absolute atomic E-state index is 0.0287. The lowest BCUT2D eigenvalue weighted by atomic mass is 10.1. The molecule has 1 aromatic heterocycles. The van der Waals surface area contributed by atoms with Gasteiger partial charge in [0.2, 0.25) is 11.0 Å². The second-order valence-electron chi connectivity index (χ2n) is 6.62. The van der Waals surface area contributed by atoms with Crippen LogP contribution in [0.1, 0.15) is 33.3 Å². The van der Waals surface area contributed by atoms with Crippen molar-refractivity contribution in [2.45, 2.75) is 19.3 Å². The van der Waals surface area contributed by atoms with Gasteiger partial charge in [0, 0.05) is 24.6 Å². The molecule has 4 rings (SSSR count). The lowest BCUT2D eigenvalue weighted by molar-refractivity contribution is -0.117. The van der Waals surface area contributed by atoms with Gasteiger partial charge in [-0.1, -0.05) is 41.2 Å². The molecule has 0 saturated carbocycles. The predicted molar refractivity (Wildman–Crippen MR) is 105 cm³/mol. The number of aryl methyl sites for hydroxylation is 1. The summed E-state index contributed by atoms with van der Waals surface area (Å²) < 4.78 is 13.7. The fourth-order valence-electron chi connectivity index (χ4n) is 3.11. The lowest BCUT2D eigenvalue weighted by Gasteiger charge is -2.16. The number of halogens is 1. The van der Waals surface area contributed by atoms with E-state index in [2.05, 4.69) is 15.5 Å². The first-order chi connectivity index (χ1) is 13.5. The molecule has 2 heterocycles. The third-order valence-electron chi connectivity index (χ3n) is 4.60. The molecule has 1 fully saturated rings. The molecule has 0 aliphatic carbocycles. The van der Waals surface area contributed by atoms with Crippen molar-refractivity contribution in [3.63, 3.8) is 0 Å². The molecule has 1 atom stereocenters. The fraction of sp³-hybridized carbons (Fsp3) is 0.200. The van der Waals surface area contributed by atoms with Crippen LogP contribution in [-0.2, 0) is 4.79 Å². The van der Waals surface area contributed by atoms with E-state index in [1.165, 1.54) is 29.5 Å². The maximum absolute atomic E-state index is 13.7. The molecule has 2 amide bonds. The average molecular weight is 396 g/mol. The molecule has 1 aliphatic heterocycles. The van der Waals surface area contributed by atoms with Gasteiger partial charge in [-0.2, -0.15) is 0 Å². The molecule has 0 radical (unpaired) electrons. The van der Waals surface area contributed by atoms with E-state index in [0.29, 0.717) is 18.0 Å². The molecule has 8 heteroatoms. The van der Waals surface area contributed by atoms with E-state index in [0.717, 1.165) is 11.3 Å². The van der Waals surface area contributed by atoms with Gasteiger partial charge in [0.05, 0.1) is 5.56 Å². The Balaban J connectivity index is 1.46. The molecule has 1 aliphatic rings. The van der Waals surface area contributed by atoms with Crippen molar-refractivity contribution in [3.8, 4) is 0 Å². The van der Waals surface area contributed by atoms with E-state index in [4.69, 9.17) is 0 Å². The van der Waals surface area contributed by atoms with Gasteiger partial charge in [-0.15, -0.1) is 10.2 Å². The van der Waals surface area contributed by atoms with Crippen LogP contribution in [0.3, 0.4) is 0 Å². The van der Waals surface area contributed by atoms with Gasteiger partial charge in [0.15, 0.2) is 0 Å². The minimum atomic E-state index is -0.597. The van der Waals surface area contributed by atoms with E-state index in [9.17, 15) is 14.0 Å². The summed E-state index contributed by atoms with van der Waals surface area (Å²) in [5.74, 6) is -1.24. The quantitative estimate of drug-likeness (QED) is 0.729. The van der Waals surface area contributed by atoms with E-state index < -0.39 is 11.7 Å². The molecule has 142 valence electrons. The maximum atomic E-state index is 13.7. The molecule has 0 spiro atoms. The summed E-state index contributed by atoms with van der Waals surface area (Å²) >= 11 is 1.21. The zero-order valence-electron chi connectivity index (χ0n) is 15.1. The maximum Gasteiger partial charge on any atom is 0.260 e. The van der Waals surface area contributed by atoms with E-state index >= 15 is 0 Å². The van der Waals surface area contributed by atoms with Crippen LogP contribution in [-0.4, -0.2) is 28.6 Å². The van der Waals surface area contributed by atoms with Crippen LogP contribution < -0.4 is 10.2 Å². The van der Waals surface area contributed by atoms with Crippen LogP contribution in [0.4, 0.5) is 15.2 Å². The number of carbonyl (C=O) groups is 2. The number of hydrogen-bond acceptors (Lipinski definition) is 5. The molecule has 1 unspecified atom stereocenters. The monoisotopic (exact) mass is 396 g/mol. The first kappa shape index (κ1) is 18.2. The smallest absolute Gasteiger partial charge is 0.260 e. The summed E-state index contributed by atoms with van der Waals surface area (Å²) in [5.41, 5.74) is 1.93. The molecule has 1 saturated heterocycles. The third kappa shape index (κ3) is 3.63. The summed E-state index contributed by atoms with van der Waals surface area (Å²) in [7, 11) is 0. The Hall–Kier alpha value is -3.13. The number of nitrogens with zero attached hydrogens (tertiary/aromatic N) is 3.